The molecule has 0 aliphatic heterocycles. The molecule has 17 heavy (non-hydrogen) atoms. The molecule has 0 unspecified atom stereocenters. The first-order chi connectivity index (χ1) is 8.01. The molecule has 6 heteroatoms. The van der Waals surface area contributed by atoms with Crippen LogP contribution >= 0.6 is 0 Å². The van der Waals surface area contributed by atoms with Gasteiger partial charge >= 0.3 is 5.97 Å². The summed E-state index contributed by atoms with van der Waals surface area (Å²) in [5.41, 5.74) is 0.155. The highest BCUT2D eigenvalue weighted by Crippen LogP contribution is 2.32. The fourth-order valence-corrected chi connectivity index (χ4v) is 1.47. The normalized spacial score (nSPS) is 11.1. The van der Waals surface area contributed by atoms with Gasteiger partial charge in [-0.05, 0) is 12.1 Å². The standard InChI is InChI=1S/C11H13NO5/c1-12(15)6-7-4-5-8(16-2)10(17-3)9(7)11(13)14/h4-6H,1-3H3,(H,13,14)/b12-6+. The topological polar surface area (TPSA) is 81.8 Å². The smallest absolute Gasteiger partial charge is 0.340 e. The molecule has 6 nitrogen and oxygen atoms in total. The molecule has 1 aromatic carbocycles. The van der Waals surface area contributed by atoms with Crippen LogP contribution in [0.15, 0.2) is 12.1 Å². The third-order valence-electron chi connectivity index (χ3n) is 2.11. The molecule has 1 rings (SSSR count). The average molecular weight is 239 g/mol. The maximum Gasteiger partial charge on any atom is 0.340 e. The fourth-order valence-electron chi connectivity index (χ4n) is 1.47. The highest BCUT2D eigenvalue weighted by molar-refractivity contribution is 6.00. The van der Waals surface area contributed by atoms with Crippen molar-refractivity contribution >= 4 is 12.2 Å². The Morgan fingerprint density at radius 2 is 2.06 bits per heavy atom. The van der Waals surface area contributed by atoms with Crippen molar-refractivity contribution in [3.05, 3.63) is 28.5 Å². The molecule has 0 aliphatic rings. The predicted molar refractivity (Wildman–Crippen MR) is 61.2 cm³/mol. The van der Waals surface area contributed by atoms with Gasteiger partial charge in [-0.1, -0.05) is 0 Å². The van der Waals surface area contributed by atoms with E-state index in [-0.39, 0.29) is 16.9 Å². The molecule has 0 fully saturated rings. The third-order valence-corrected chi connectivity index (χ3v) is 2.11. The number of rotatable bonds is 4. The zero-order valence-electron chi connectivity index (χ0n) is 9.76. The van der Waals surface area contributed by atoms with E-state index in [0.29, 0.717) is 10.5 Å². The lowest BCUT2D eigenvalue weighted by Crippen LogP contribution is -2.09. The molecule has 0 spiro atoms. The third kappa shape index (κ3) is 2.66. The molecule has 0 aromatic heterocycles. The van der Waals surface area contributed by atoms with Crippen LogP contribution in [0.25, 0.3) is 0 Å². The number of hydrogen-bond acceptors (Lipinski definition) is 4. The average Bonchev–Trinajstić information content (AvgIpc) is 2.26. The van der Waals surface area contributed by atoms with Crippen molar-refractivity contribution in [2.45, 2.75) is 0 Å². The van der Waals surface area contributed by atoms with Crippen LogP contribution in [0.2, 0.25) is 0 Å². The van der Waals surface area contributed by atoms with Crippen molar-refractivity contribution in [2.75, 3.05) is 21.3 Å². The van der Waals surface area contributed by atoms with Crippen molar-refractivity contribution in [1.29, 1.82) is 0 Å². The summed E-state index contributed by atoms with van der Waals surface area (Å²) in [6, 6.07) is 3.03. The molecule has 0 atom stereocenters. The lowest BCUT2D eigenvalue weighted by molar-refractivity contribution is -0.416. The minimum atomic E-state index is -1.19. The van der Waals surface area contributed by atoms with Crippen molar-refractivity contribution in [3.63, 3.8) is 0 Å². The number of hydroxylamine groups is 1. The van der Waals surface area contributed by atoms with Crippen LogP contribution in [0.1, 0.15) is 15.9 Å². The summed E-state index contributed by atoms with van der Waals surface area (Å²) in [6.07, 6.45) is 1.16. The molecule has 1 N–H and O–H groups in total. The van der Waals surface area contributed by atoms with Crippen LogP contribution in [-0.2, 0) is 0 Å². The first-order valence-electron chi connectivity index (χ1n) is 4.74. The Labute approximate surface area is 98.3 Å². The van der Waals surface area contributed by atoms with Gasteiger partial charge in [0.05, 0.1) is 19.8 Å². The number of methoxy groups -OCH3 is 2. The van der Waals surface area contributed by atoms with Gasteiger partial charge in [-0.25, -0.2) is 9.53 Å². The molecule has 0 radical (unpaired) electrons. The zero-order valence-corrected chi connectivity index (χ0v) is 9.76. The lowest BCUT2D eigenvalue weighted by atomic mass is 10.1. The number of carboxylic acids is 1. The van der Waals surface area contributed by atoms with E-state index in [0.717, 1.165) is 6.21 Å². The van der Waals surface area contributed by atoms with E-state index in [1.165, 1.54) is 27.3 Å². The fraction of sp³-hybridized carbons (Fsp3) is 0.273. The van der Waals surface area contributed by atoms with Gasteiger partial charge < -0.3 is 19.8 Å². The largest absolute Gasteiger partial charge is 0.624 e. The van der Waals surface area contributed by atoms with E-state index in [9.17, 15) is 10.0 Å². The monoisotopic (exact) mass is 239 g/mol. The van der Waals surface area contributed by atoms with E-state index in [1.807, 2.05) is 0 Å². The molecule has 0 saturated carbocycles. The summed E-state index contributed by atoms with van der Waals surface area (Å²) in [5.74, 6) is -0.792. The Hall–Kier alpha value is -2.24. The summed E-state index contributed by atoms with van der Waals surface area (Å²) in [4.78, 5) is 11.2. The second kappa shape index (κ2) is 5.20. The number of hydrogen-bond donors (Lipinski definition) is 1. The number of ether oxygens (including phenoxy) is 2. The van der Waals surface area contributed by atoms with Gasteiger partial charge in [0.1, 0.15) is 12.6 Å². The van der Waals surface area contributed by atoms with E-state index in [2.05, 4.69) is 0 Å². The second-order valence-corrected chi connectivity index (χ2v) is 3.25. The first kappa shape index (κ1) is 12.8. The maximum absolute atomic E-state index is 11.2. The van der Waals surface area contributed by atoms with Gasteiger partial charge in [0.2, 0.25) is 0 Å². The summed E-state index contributed by atoms with van der Waals surface area (Å²) in [6.45, 7) is 0. The highest BCUT2D eigenvalue weighted by atomic mass is 16.5. The van der Waals surface area contributed by atoms with Crippen molar-refractivity contribution in [3.8, 4) is 11.5 Å². The summed E-state index contributed by atoms with van der Waals surface area (Å²) < 4.78 is 10.5. The minimum Gasteiger partial charge on any atom is -0.624 e. The summed E-state index contributed by atoms with van der Waals surface area (Å²) in [7, 11) is 4.02. The van der Waals surface area contributed by atoms with Crippen molar-refractivity contribution in [1.82, 2.24) is 0 Å². The van der Waals surface area contributed by atoms with Gasteiger partial charge in [0, 0.05) is 0 Å². The maximum atomic E-state index is 11.2. The number of nitrogens with zero attached hydrogens (tertiary/aromatic N) is 1. The Kier molecular flexibility index (Phi) is 3.92. The number of carbonyl (C=O) groups is 1. The number of carboxylic acid groups (broad SMARTS) is 1. The lowest BCUT2D eigenvalue weighted by Gasteiger charge is -2.11. The molecule has 0 heterocycles. The van der Waals surface area contributed by atoms with Gasteiger partial charge in [-0.3, -0.25) is 0 Å². The van der Waals surface area contributed by atoms with E-state index < -0.39 is 5.97 Å². The molecule has 0 aliphatic carbocycles. The molecule has 0 bridgehead atoms. The number of benzene rings is 1. The Morgan fingerprint density at radius 3 is 2.47 bits per heavy atom. The molecule has 0 amide bonds. The Balaban J connectivity index is 3.53. The van der Waals surface area contributed by atoms with E-state index >= 15 is 0 Å². The molecule has 92 valence electrons. The van der Waals surface area contributed by atoms with E-state index in [4.69, 9.17) is 14.6 Å². The SMILES string of the molecule is COc1ccc(/C=[N+](\C)[O-])c(C(=O)O)c1OC. The molecule has 0 saturated heterocycles. The quantitative estimate of drug-likeness (QED) is 0.366. The zero-order chi connectivity index (χ0) is 13.0. The molecular weight excluding hydrogens is 226 g/mol. The van der Waals surface area contributed by atoms with E-state index in [1.54, 1.807) is 6.07 Å². The van der Waals surface area contributed by atoms with Crippen LogP contribution in [-0.4, -0.2) is 43.3 Å². The van der Waals surface area contributed by atoms with Crippen LogP contribution in [0, 0.1) is 5.21 Å². The summed E-state index contributed by atoms with van der Waals surface area (Å²) >= 11 is 0. The van der Waals surface area contributed by atoms with Crippen LogP contribution in [0.3, 0.4) is 0 Å². The van der Waals surface area contributed by atoms with Crippen LogP contribution in [0.4, 0.5) is 0 Å². The Morgan fingerprint density at radius 1 is 1.41 bits per heavy atom. The van der Waals surface area contributed by atoms with Crippen molar-refractivity contribution < 1.29 is 24.1 Å². The van der Waals surface area contributed by atoms with Crippen LogP contribution < -0.4 is 9.47 Å². The summed E-state index contributed by atoms with van der Waals surface area (Å²) in [5, 5.41) is 20.1. The van der Waals surface area contributed by atoms with Gasteiger partial charge in [0.15, 0.2) is 17.7 Å². The first-order valence-corrected chi connectivity index (χ1v) is 4.74. The van der Waals surface area contributed by atoms with Crippen LogP contribution in [0.5, 0.6) is 11.5 Å². The molecular formula is C11H13NO5. The van der Waals surface area contributed by atoms with Crippen molar-refractivity contribution in [2.24, 2.45) is 0 Å². The minimum absolute atomic E-state index is 0.0931. The van der Waals surface area contributed by atoms with Gasteiger partial charge in [0.25, 0.3) is 0 Å². The predicted octanol–water partition coefficient (Wildman–Crippen LogP) is 0.961. The highest BCUT2D eigenvalue weighted by Gasteiger charge is 2.21. The van der Waals surface area contributed by atoms with Gasteiger partial charge in [-0.2, -0.15) is 0 Å². The second-order valence-electron chi connectivity index (χ2n) is 3.25. The Bertz CT molecular complexity index is 463. The van der Waals surface area contributed by atoms with Gasteiger partial charge in [-0.15, -0.1) is 0 Å². The molecule has 1 aromatic rings. The number of aromatic carboxylic acids is 1.